The Morgan fingerprint density at radius 1 is 0.340 bits per heavy atom. The van der Waals surface area contributed by atoms with E-state index in [-0.39, 0.29) is 0 Å². The van der Waals surface area contributed by atoms with Crippen LogP contribution in [-0.4, -0.2) is 14.1 Å². The second-order valence-corrected chi connectivity index (χ2v) is 14.6. The summed E-state index contributed by atoms with van der Waals surface area (Å²) in [5.74, 6) is 0. The summed E-state index contributed by atoms with van der Waals surface area (Å²) in [5, 5.41) is 6.04. The van der Waals surface area contributed by atoms with E-state index in [1.807, 2.05) is 6.07 Å². The van der Waals surface area contributed by atoms with Gasteiger partial charge in [-0.15, -0.1) is 11.3 Å². The van der Waals surface area contributed by atoms with Crippen molar-refractivity contribution in [2.45, 2.75) is 0 Å². The van der Waals surface area contributed by atoms with Gasteiger partial charge in [0.2, 0.25) is 0 Å². The van der Waals surface area contributed by atoms with E-state index < -0.39 is 0 Å². The average Bonchev–Trinajstić information content (AvgIpc) is 3.91. The second kappa shape index (κ2) is 11.9. The molecule has 0 saturated heterocycles. The zero-order valence-corrected chi connectivity index (χ0v) is 29.5. The maximum atomic E-state index is 4.89. The van der Waals surface area contributed by atoms with Crippen LogP contribution in [-0.2, 0) is 0 Å². The van der Waals surface area contributed by atoms with Gasteiger partial charge in [0.15, 0.2) is 0 Å². The van der Waals surface area contributed by atoms with Gasteiger partial charge in [0.25, 0.3) is 0 Å². The highest BCUT2D eigenvalue weighted by Crippen LogP contribution is 2.39. The fraction of sp³-hybridized carbons (Fsp3) is 0. The van der Waals surface area contributed by atoms with E-state index in [4.69, 9.17) is 4.98 Å². The van der Waals surface area contributed by atoms with E-state index in [0.29, 0.717) is 0 Å². The second-order valence-electron chi connectivity index (χ2n) is 13.6. The molecule has 3 nitrogen and oxygen atoms in total. The molecule has 0 amide bonds. The molecule has 8 aromatic carbocycles. The molecule has 53 heavy (non-hydrogen) atoms. The van der Waals surface area contributed by atoms with Gasteiger partial charge in [-0.25, -0.2) is 4.98 Å². The van der Waals surface area contributed by atoms with Gasteiger partial charge < -0.3 is 9.13 Å². The quantitative estimate of drug-likeness (QED) is 0.176. The molecule has 0 spiro atoms. The smallest absolute Gasteiger partial charge is 0.124 e. The monoisotopic (exact) mass is 693 g/mol. The fourth-order valence-corrected chi connectivity index (χ4v) is 9.04. The molecular formula is C49H31N3S. The van der Waals surface area contributed by atoms with Crippen LogP contribution in [0.5, 0.6) is 0 Å². The number of benzene rings is 8. The first-order chi connectivity index (χ1) is 26.3. The Hall–Kier alpha value is -6.75. The fourth-order valence-electron chi connectivity index (χ4n) is 8.07. The highest BCUT2D eigenvalue weighted by Gasteiger charge is 2.17. The molecule has 0 fully saturated rings. The number of hydrogen-bond donors (Lipinski definition) is 0. The van der Waals surface area contributed by atoms with Gasteiger partial charge in [-0.05, 0) is 107 Å². The van der Waals surface area contributed by atoms with Gasteiger partial charge in [-0.3, -0.25) is 0 Å². The first kappa shape index (κ1) is 29.9. The number of nitrogens with zero attached hydrogens (tertiary/aromatic N) is 3. The van der Waals surface area contributed by atoms with Gasteiger partial charge in [0.1, 0.15) is 5.01 Å². The first-order valence-electron chi connectivity index (χ1n) is 18.0. The van der Waals surface area contributed by atoms with Crippen LogP contribution >= 0.6 is 11.3 Å². The third-order valence-electron chi connectivity index (χ3n) is 10.6. The van der Waals surface area contributed by atoms with Crippen LogP contribution in [0.15, 0.2) is 188 Å². The standard InChI is InChI=1S/C49H31N3S/c1-2-11-32(12-3-1)34-13-10-14-38(29-34)52-45-19-8-5-16-40(45)42-31-36(24-28-47(42)52)35-23-27-46-41(30-35)39-15-4-7-18-44(39)51(46)37-25-21-33(22-26-37)49-50-43-17-6-9-20-48(43)53-49/h1-31H. The van der Waals surface area contributed by atoms with Crippen molar-refractivity contribution in [2.75, 3.05) is 0 Å². The van der Waals surface area contributed by atoms with Crippen molar-refractivity contribution < 1.29 is 0 Å². The lowest BCUT2D eigenvalue weighted by Gasteiger charge is -2.11. The summed E-state index contributed by atoms with van der Waals surface area (Å²) in [6.45, 7) is 0. The van der Waals surface area contributed by atoms with Crippen molar-refractivity contribution in [2.24, 2.45) is 0 Å². The minimum absolute atomic E-state index is 1.05. The highest BCUT2D eigenvalue weighted by molar-refractivity contribution is 7.21. The first-order valence-corrected chi connectivity index (χ1v) is 18.8. The molecule has 0 aliphatic carbocycles. The summed E-state index contributed by atoms with van der Waals surface area (Å²) in [6.07, 6.45) is 0. The van der Waals surface area contributed by atoms with Crippen molar-refractivity contribution in [1.29, 1.82) is 0 Å². The van der Waals surface area contributed by atoms with E-state index in [9.17, 15) is 0 Å². The van der Waals surface area contributed by atoms with Crippen LogP contribution < -0.4 is 0 Å². The topological polar surface area (TPSA) is 22.8 Å². The summed E-state index contributed by atoms with van der Waals surface area (Å²) in [5.41, 5.74) is 14.1. The number of hydrogen-bond acceptors (Lipinski definition) is 2. The molecule has 248 valence electrons. The predicted molar refractivity (Wildman–Crippen MR) is 225 cm³/mol. The Morgan fingerprint density at radius 2 is 0.868 bits per heavy atom. The van der Waals surface area contributed by atoms with Crippen molar-refractivity contribution in [1.82, 2.24) is 14.1 Å². The number of aromatic nitrogens is 3. The number of fused-ring (bicyclic) bond motifs is 7. The van der Waals surface area contributed by atoms with Gasteiger partial charge in [0, 0.05) is 38.5 Å². The van der Waals surface area contributed by atoms with E-state index >= 15 is 0 Å². The zero-order chi connectivity index (χ0) is 34.9. The normalized spacial score (nSPS) is 11.8. The lowest BCUT2D eigenvalue weighted by molar-refractivity contribution is 1.18. The third kappa shape index (κ3) is 4.84. The van der Waals surface area contributed by atoms with Crippen molar-refractivity contribution in [3.63, 3.8) is 0 Å². The van der Waals surface area contributed by atoms with E-state index in [2.05, 4.69) is 191 Å². The minimum atomic E-state index is 1.05. The molecule has 11 rings (SSSR count). The molecule has 4 heteroatoms. The molecule has 0 unspecified atom stereocenters. The maximum Gasteiger partial charge on any atom is 0.124 e. The van der Waals surface area contributed by atoms with E-state index in [1.54, 1.807) is 11.3 Å². The Bertz CT molecular complexity index is 3130. The number of rotatable bonds is 5. The molecule has 0 bridgehead atoms. The summed E-state index contributed by atoms with van der Waals surface area (Å²) >= 11 is 1.74. The molecule has 0 saturated carbocycles. The van der Waals surface area contributed by atoms with Crippen molar-refractivity contribution in [3.05, 3.63) is 188 Å². The molecule has 11 aromatic rings. The van der Waals surface area contributed by atoms with Crippen LogP contribution in [0.3, 0.4) is 0 Å². The van der Waals surface area contributed by atoms with Gasteiger partial charge in [-0.2, -0.15) is 0 Å². The molecule has 3 aromatic heterocycles. The largest absolute Gasteiger partial charge is 0.309 e. The number of para-hydroxylation sites is 3. The average molecular weight is 694 g/mol. The Morgan fingerprint density at radius 3 is 1.55 bits per heavy atom. The van der Waals surface area contributed by atoms with Gasteiger partial charge >= 0.3 is 0 Å². The molecule has 0 radical (unpaired) electrons. The zero-order valence-electron chi connectivity index (χ0n) is 28.6. The van der Waals surface area contributed by atoms with Gasteiger partial charge in [-0.1, -0.05) is 103 Å². The van der Waals surface area contributed by atoms with Crippen LogP contribution in [0.4, 0.5) is 0 Å². The molecule has 0 atom stereocenters. The maximum absolute atomic E-state index is 4.89. The molecular weight excluding hydrogens is 663 g/mol. The lowest BCUT2D eigenvalue weighted by atomic mass is 10.0. The van der Waals surface area contributed by atoms with Crippen LogP contribution in [0.1, 0.15) is 0 Å². The van der Waals surface area contributed by atoms with Crippen LogP contribution in [0.25, 0.3) is 98.0 Å². The van der Waals surface area contributed by atoms with E-state index in [1.165, 1.54) is 70.6 Å². The van der Waals surface area contributed by atoms with Crippen molar-refractivity contribution in [3.8, 4) is 44.2 Å². The SMILES string of the molecule is c1ccc(-c2cccc(-n3c4ccccc4c4cc(-c5ccc6c(c5)c5ccccc5n6-c5ccc(-c6nc7ccccc7s6)cc5)ccc43)c2)cc1. The van der Waals surface area contributed by atoms with Gasteiger partial charge in [0.05, 0.1) is 32.3 Å². The Kier molecular flexibility index (Phi) is 6.73. The number of thiazole rings is 1. The molecule has 0 aliphatic rings. The molecule has 0 aliphatic heterocycles. The van der Waals surface area contributed by atoms with E-state index in [0.717, 1.165) is 27.5 Å². The molecule has 3 heterocycles. The molecule has 0 N–H and O–H groups in total. The lowest BCUT2D eigenvalue weighted by Crippen LogP contribution is -1.94. The highest BCUT2D eigenvalue weighted by atomic mass is 32.1. The predicted octanol–water partition coefficient (Wildman–Crippen LogP) is 13.5. The summed E-state index contributed by atoms with van der Waals surface area (Å²) < 4.78 is 6.00. The Balaban J connectivity index is 1.02. The summed E-state index contributed by atoms with van der Waals surface area (Å²) in [4.78, 5) is 4.89. The third-order valence-corrected chi connectivity index (χ3v) is 11.6. The van der Waals surface area contributed by atoms with Crippen LogP contribution in [0, 0.1) is 0 Å². The Labute approximate surface area is 310 Å². The van der Waals surface area contributed by atoms with Crippen LogP contribution in [0.2, 0.25) is 0 Å². The minimum Gasteiger partial charge on any atom is -0.309 e. The van der Waals surface area contributed by atoms with Crippen molar-refractivity contribution >= 4 is 65.2 Å². The summed E-state index contributed by atoms with van der Waals surface area (Å²) in [7, 11) is 0. The summed E-state index contributed by atoms with van der Waals surface area (Å²) in [6, 6.07) is 68.0.